The van der Waals surface area contributed by atoms with E-state index < -0.39 is 5.97 Å². The Morgan fingerprint density at radius 3 is 2.95 bits per heavy atom. The van der Waals surface area contributed by atoms with Gasteiger partial charge in [-0.25, -0.2) is 0 Å². The maximum atomic E-state index is 10.8. The number of benzene rings is 1. The van der Waals surface area contributed by atoms with Crippen LogP contribution in [0.15, 0.2) is 35.6 Å². The van der Waals surface area contributed by atoms with Crippen molar-refractivity contribution >= 4 is 29.0 Å². The summed E-state index contributed by atoms with van der Waals surface area (Å²) >= 11 is 0. The number of carbonyl (C=O) groups excluding carboxylic acids is 1. The van der Waals surface area contributed by atoms with Crippen molar-refractivity contribution in [2.24, 2.45) is 5.10 Å². The van der Waals surface area contributed by atoms with E-state index in [1.54, 1.807) is 10.8 Å². The second-order valence-corrected chi connectivity index (χ2v) is 4.27. The number of aliphatic carboxylic acids is 1. The number of aromatic nitrogens is 5. The van der Waals surface area contributed by atoms with Gasteiger partial charge in [0.2, 0.25) is 0 Å². The summed E-state index contributed by atoms with van der Waals surface area (Å²) < 4.78 is 1.58. The maximum Gasteiger partial charge on any atom is 0.263 e. The summed E-state index contributed by atoms with van der Waals surface area (Å²) in [6.45, 7) is -0.235. The zero-order chi connectivity index (χ0) is 14.8. The van der Waals surface area contributed by atoms with E-state index in [0.29, 0.717) is 0 Å². The largest absolute Gasteiger partial charge is 0.548 e. The van der Waals surface area contributed by atoms with E-state index in [1.165, 1.54) is 6.21 Å². The smallest absolute Gasteiger partial charge is 0.263 e. The van der Waals surface area contributed by atoms with Gasteiger partial charge < -0.3 is 20.2 Å². The Balaban J connectivity index is 2.04. The molecule has 0 saturated carbocycles. The standard InChI is InChI=1S/C12H11N7O2/c13-12-15-16-17-19(12)14-5-8-6-18(7-11(20)21)10-4-2-1-3-9(8)10/h1-6H,7H2,(H,20,21)(H2,13,15,17)/p-1. The number of rotatable bonds is 4. The number of nitrogen functional groups attached to an aromatic ring is 1. The van der Waals surface area contributed by atoms with Gasteiger partial charge in [0.25, 0.3) is 5.95 Å². The zero-order valence-electron chi connectivity index (χ0n) is 10.7. The number of carboxylic acids is 1. The average Bonchev–Trinajstić information content (AvgIpc) is 3.01. The molecule has 1 aromatic carbocycles. The second kappa shape index (κ2) is 5.04. The van der Waals surface area contributed by atoms with Gasteiger partial charge in [0, 0.05) is 22.7 Å². The fraction of sp³-hybridized carbons (Fsp3) is 0.0833. The normalized spacial score (nSPS) is 11.4. The molecule has 0 amide bonds. The van der Waals surface area contributed by atoms with Crippen molar-refractivity contribution in [2.45, 2.75) is 6.54 Å². The molecule has 0 spiro atoms. The van der Waals surface area contributed by atoms with Crippen LogP contribution in [0.1, 0.15) is 5.56 Å². The Morgan fingerprint density at radius 1 is 1.43 bits per heavy atom. The summed E-state index contributed by atoms with van der Waals surface area (Å²) in [4.78, 5) is 11.9. The maximum absolute atomic E-state index is 10.8. The first kappa shape index (κ1) is 12.8. The van der Waals surface area contributed by atoms with Gasteiger partial charge in [0.15, 0.2) is 0 Å². The monoisotopic (exact) mass is 284 g/mol. The van der Waals surface area contributed by atoms with E-state index in [4.69, 9.17) is 5.73 Å². The number of hydrogen-bond acceptors (Lipinski definition) is 7. The number of nitrogens with two attached hydrogens (primary N) is 1. The number of para-hydroxylation sites is 1. The Bertz CT molecular complexity index is 833. The molecule has 0 aliphatic rings. The lowest BCUT2D eigenvalue weighted by molar-refractivity contribution is -0.306. The van der Waals surface area contributed by atoms with E-state index in [2.05, 4.69) is 20.6 Å². The molecule has 0 radical (unpaired) electrons. The van der Waals surface area contributed by atoms with Gasteiger partial charge in [0.05, 0.1) is 18.7 Å². The summed E-state index contributed by atoms with van der Waals surface area (Å²) in [5, 5.41) is 26.2. The van der Waals surface area contributed by atoms with Gasteiger partial charge in [-0.3, -0.25) is 0 Å². The molecule has 2 aromatic heterocycles. The van der Waals surface area contributed by atoms with Gasteiger partial charge in [-0.1, -0.05) is 28.1 Å². The Morgan fingerprint density at radius 2 is 2.24 bits per heavy atom. The van der Waals surface area contributed by atoms with Crippen molar-refractivity contribution < 1.29 is 9.90 Å². The molecule has 0 atom stereocenters. The molecule has 0 unspecified atom stereocenters. The molecule has 9 heteroatoms. The van der Waals surface area contributed by atoms with Crippen LogP contribution >= 0.6 is 0 Å². The van der Waals surface area contributed by atoms with Crippen LogP contribution in [0.4, 0.5) is 5.95 Å². The summed E-state index contributed by atoms with van der Waals surface area (Å²) in [6, 6.07) is 7.37. The van der Waals surface area contributed by atoms with Gasteiger partial charge in [-0.2, -0.15) is 5.10 Å². The highest BCUT2D eigenvalue weighted by atomic mass is 16.4. The minimum Gasteiger partial charge on any atom is -0.548 e. The Hall–Kier alpha value is -3.23. The molecule has 2 N–H and O–H groups in total. The minimum atomic E-state index is -1.16. The van der Waals surface area contributed by atoms with Crippen molar-refractivity contribution in [3.05, 3.63) is 36.0 Å². The van der Waals surface area contributed by atoms with Crippen LogP contribution in [0.2, 0.25) is 0 Å². The van der Waals surface area contributed by atoms with Crippen LogP contribution < -0.4 is 10.8 Å². The SMILES string of the molecule is Nc1nnnn1N=Cc1cn(CC(=O)[O-])c2ccccc12. The number of hydrogen-bond donors (Lipinski definition) is 1. The van der Waals surface area contributed by atoms with Gasteiger partial charge >= 0.3 is 0 Å². The summed E-state index contributed by atoms with van der Waals surface area (Å²) in [6.07, 6.45) is 3.19. The molecule has 9 nitrogen and oxygen atoms in total. The van der Waals surface area contributed by atoms with E-state index in [-0.39, 0.29) is 12.5 Å². The number of carboxylic acid groups (broad SMARTS) is 1. The van der Waals surface area contributed by atoms with E-state index >= 15 is 0 Å². The van der Waals surface area contributed by atoms with Crippen LogP contribution in [-0.4, -0.2) is 37.1 Å². The molecule has 106 valence electrons. The molecule has 2 heterocycles. The number of tetrazole rings is 1. The third kappa shape index (κ3) is 2.43. The van der Waals surface area contributed by atoms with Crippen molar-refractivity contribution in [2.75, 3.05) is 5.73 Å². The van der Waals surface area contributed by atoms with Crippen LogP contribution in [-0.2, 0) is 11.3 Å². The molecule has 3 rings (SSSR count). The molecule has 0 aliphatic carbocycles. The molecular weight excluding hydrogens is 274 g/mol. The minimum absolute atomic E-state index is 0.0599. The summed E-state index contributed by atoms with van der Waals surface area (Å²) in [7, 11) is 0. The van der Waals surface area contributed by atoms with E-state index in [9.17, 15) is 9.90 Å². The summed E-state index contributed by atoms with van der Waals surface area (Å²) in [5.41, 5.74) is 7.01. The van der Waals surface area contributed by atoms with Crippen LogP contribution in [0, 0.1) is 0 Å². The molecule has 0 fully saturated rings. The highest BCUT2D eigenvalue weighted by Gasteiger charge is 2.07. The van der Waals surface area contributed by atoms with Crippen LogP contribution in [0.5, 0.6) is 0 Å². The topological polar surface area (TPSA) is 127 Å². The first-order valence-corrected chi connectivity index (χ1v) is 6.01. The molecule has 0 saturated heterocycles. The fourth-order valence-corrected chi connectivity index (χ4v) is 2.04. The third-order valence-corrected chi connectivity index (χ3v) is 2.90. The molecule has 3 aromatic rings. The average molecular weight is 284 g/mol. The molecular formula is C12H10N7O2-. The molecule has 21 heavy (non-hydrogen) atoms. The third-order valence-electron chi connectivity index (χ3n) is 2.90. The Labute approximate surface area is 118 Å². The van der Waals surface area contributed by atoms with Crippen LogP contribution in [0.3, 0.4) is 0 Å². The zero-order valence-corrected chi connectivity index (χ0v) is 10.7. The predicted octanol–water partition coefficient (Wildman–Crippen LogP) is -1.16. The second-order valence-electron chi connectivity index (χ2n) is 4.27. The number of carbonyl (C=O) groups is 1. The lowest BCUT2D eigenvalue weighted by Crippen LogP contribution is -2.27. The van der Waals surface area contributed by atoms with Gasteiger partial charge in [0.1, 0.15) is 0 Å². The summed E-state index contributed by atoms with van der Waals surface area (Å²) in [5.74, 6) is -1.10. The van der Waals surface area contributed by atoms with Crippen molar-refractivity contribution in [3.63, 3.8) is 0 Å². The van der Waals surface area contributed by atoms with Crippen molar-refractivity contribution in [3.8, 4) is 0 Å². The first-order chi connectivity index (χ1) is 10.1. The van der Waals surface area contributed by atoms with E-state index in [1.807, 2.05) is 24.3 Å². The quantitative estimate of drug-likeness (QED) is 0.602. The van der Waals surface area contributed by atoms with Gasteiger partial charge in [-0.15, -0.1) is 0 Å². The highest BCUT2D eigenvalue weighted by Crippen LogP contribution is 2.19. The van der Waals surface area contributed by atoms with Crippen molar-refractivity contribution in [1.82, 2.24) is 24.9 Å². The van der Waals surface area contributed by atoms with Crippen molar-refractivity contribution in [1.29, 1.82) is 0 Å². The molecule has 0 bridgehead atoms. The fourth-order valence-electron chi connectivity index (χ4n) is 2.04. The van der Waals surface area contributed by atoms with Crippen LogP contribution in [0.25, 0.3) is 10.9 Å². The highest BCUT2D eigenvalue weighted by molar-refractivity contribution is 5.99. The lowest BCUT2D eigenvalue weighted by Gasteiger charge is -2.04. The Kier molecular flexibility index (Phi) is 3.07. The predicted molar refractivity (Wildman–Crippen MR) is 72.2 cm³/mol. The number of fused-ring (bicyclic) bond motifs is 1. The number of anilines is 1. The molecule has 0 aliphatic heterocycles. The first-order valence-electron chi connectivity index (χ1n) is 6.01. The number of nitrogens with zero attached hydrogens (tertiary/aromatic N) is 6. The van der Waals surface area contributed by atoms with E-state index in [0.717, 1.165) is 21.3 Å². The lowest BCUT2D eigenvalue weighted by atomic mass is 10.2. The van der Waals surface area contributed by atoms with Gasteiger partial charge in [-0.05, 0) is 16.5 Å².